The van der Waals surface area contributed by atoms with Crippen LogP contribution in [0.5, 0.6) is 28.7 Å². The molecule has 2 aromatic rings. The van der Waals surface area contributed by atoms with Gasteiger partial charge in [0.2, 0.25) is 0 Å². The second-order valence-electron chi connectivity index (χ2n) is 6.57. The maximum Gasteiger partial charge on any atom is 0.172 e. The van der Waals surface area contributed by atoms with E-state index in [0.717, 1.165) is 47.9 Å². The Bertz CT molecular complexity index is 818. The summed E-state index contributed by atoms with van der Waals surface area (Å²) >= 11 is 0. The highest BCUT2D eigenvalue weighted by molar-refractivity contribution is 5.59. The summed E-state index contributed by atoms with van der Waals surface area (Å²) in [5.74, 6) is 3.91. The lowest BCUT2D eigenvalue weighted by molar-refractivity contribution is 0.228. The van der Waals surface area contributed by atoms with Crippen molar-refractivity contribution in [1.82, 2.24) is 4.90 Å². The molecule has 2 aliphatic heterocycles. The Kier molecular flexibility index (Phi) is 3.96. The van der Waals surface area contributed by atoms with Crippen LogP contribution >= 0.6 is 0 Å². The number of hydrogen-bond donors (Lipinski definition) is 0. The first-order valence-electron chi connectivity index (χ1n) is 8.48. The molecule has 0 aliphatic carbocycles. The summed E-state index contributed by atoms with van der Waals surface area (Å²) in [4.78, 5) is 2.39. The highest BCUT2D eigenvalue weighted by atomic mass is 16.5. The zero-order valence-corrected chi connectivity index (χ0v) is 15.1. The minimum absolute atomic E-state index is 0.266. The predicted molar refractivity (Wildman–Crippen MR) is 95.4 cm³/mol. The molecule has 1 atom stereocenters. The Labute approximate surface area is 148 Å². The molecule has 0 spiro atoms. The molecule has 132 valence electrons. The largest absolute Gasteiger partial charge is 0.497 e. The summed E-state index contributed by atoms with van der Waals surface area (Å²) in [5.41, 5.74) is 3.65. The summed E-state index contributed by atoms with van der Waals surface area (Å²) in [7, 11) is 7.19. The molecule has 1 unspecified atom stereocenters. The molecular weight excluding hydrogens is 318 g/mol. The highest BCUT2D eigenvalue weighted by Crippen LogP contribution is 2.49. The first-order valence-corrected chi connectivity index (χ1v) is 8.48. The van der Waals surface area contributed by atoms with Gasteiger partial charge in [-0.15, -0.1) is 0 Å². The molecule has 0 saturated heterocycles. The molecule has 0 amide bonds. The van der Waals surface area contributed by atoms with Gasteiger partial charge in [-0.1, -0.05) is 0 Å². The second kappa shape index (κ2) is 6.15. The van der Waals surface area contributed by atoms with Crippen molar-refractivity contribution in [2.24, 2.45) is 0 Å². The van der Waals surface area contributed by atoms with Crippen LogP contribution in [0.25, 0.3) is 0 Å². The minimum atomic E-state index is 0.266. The van der Waals surface area contributed by atoms with E-state index in [0.29, 0.717) is 5.75 Å². The number of methoxy groups -OCH3 is 3. The lowest BCUT2D eigenvalue weighted by Gasteiger charge is -2.34. The Morgan fingerprint density at radius 3 is 2.40 bits per heavy atom. The van der Waals surface area contributed by atoms with Crippen LogP contribution in [0, 0.1) is 0 Å². The molecule has 0 fully saturated rings. The van der Waals surface area contributed by atoms with E-state index >= 15 is 0 Å². The highest BCUT2D eigenvalue weighted by Gasteiger charge is 2.34. The van der Waals surface area contributed by atoms with E-state index in [1.807, 2.05) is 18.2 Å². The molecule has 0 aromatic heterocycles. The Balaban J connectivity index is 1.93. The molecule has 5 heteroatoms. The summed E-state index contributed by atoms with van der Waals surface area (Å²) in [6.07, 6.45) is 1.85. The zero-order valence-electron chi connectivity index (χ0n) is 15.1. The van der Waals surface area contributed by atoms with Crippen LogP contribution in [0.3, 0.4) is 0 Å². The van der Waals surface area contributed by atoms with E-state index in [-0.39, 0.29) is 6.04 Å². The second-order valence-corrected chi connectivity index (χ2v) is 6.57. The van der Waals surface area contributed by atoms with E-state index in [9.17, 15) is 0 Å². The molecule has 25 heavy (non-hydrogen) atoms. The number of hydrogen-bond acceptors (Lipinski definition) is 5. The third kappa shape index (κ3) is 2.59. The summed E-state index contributed by atoms with van der Waals surface area (Å²) < 4.78 is 22.9. The molecule has 5 nitrogen and oxygen atoms in total. The van der Waals surface area contributed by atoms with Gasteiger partial charge in [-0.2, -0.15) is 0 Å². The first kappa shape index (κ1) is 16.1. The fourth-order valence-electron chi connectivity index (χ4n) is 3.86. The van der Waals surface area contributed by atoms with Gasteiger partial charge < -0.3 is 18.9 Å². The fraction of sp³-hybridized carbons (Fsp3) is 0.400. The van der Waals surface area contributed by atoms with Gasteiger partial charge in [-0.3, -0.25) is 4.90 Å². The Morgan fingerprint density at radius 1 is 0.960 bits per heavy atom. The molecule has 2 heterocycles. The van der Waals surface area contributed by atoms with Crippen LogP contribution in [0.4, 0.5) is 0 Å². The van der Waals surface area contributed by atoms with Crippen LogP contribution in [-0.4, -0.2) is 39.8 Å². The van der Waals surface area contributed by atoms with Crippen LogP contribution in [0.2, 0.25) is 0 Å². The molecule has 0 N–H and O–H groups in total. The lowest BCUT2D eigenvalue weighted by Crippen LogP contribution is -2.33. The molecule has 4 rings (SSSR count). The molecule has 0 saturated carbocycles. The Hall–Kier alpha value is -2.40. The average molecular weight is 341 g/mol. The van der Waals surface area contributed by atoms with Crippen molar-refractivity contribution < 1.29 is 18.9 Å². The van der Waals surface area contributed by atoms with Gasteiger partial charge in [-0.05, 0) is 37.6 Å². The van der Waals surface area contributed by atoms with Crippen molar-refractivity contribution in [2.75, 3.05) is 34.9 Å². The number of likely N-dealkylation sites (N-methyl/N-ethyl adjacent to an activating group) is 1. The maximum absolute atomic E-state index is 6.37. The van der Waals surface area contributed by atoms with E-state index in [4.69, 9.17) is 18.9 Å². The number of fused-ring (bicyclic) bond motifs is 1. The van der Waals surface area contributed by atoms with Crippen molar-refractivity contribution in [1.29, 1.82) is 0 Å². The summed E-state index contributed by atoms with van der Waals surface area (Å²) in [6, 6.07) is 8.29. The van der Waals surface area contributed by atoms with Gasteiger partial charge in [0.15, 0.2) is 11.5 Å². The molecule has 2 aromatic carbocycles. The van der Waals surface area contributed by atoms with Crippen molar-refractivity contribution in [3.63, 3.8) is 0 Å². The number of benzene rings is 2. The molecule has 2 aliphatic rings. The van der Waals surface area contributed by atoms with Crippen LogP contribution in [0.1, 0.15) is 22.7 Å². The third-order valence-electron chi connectivity index (χ3n) is 5.22. The number of nitrogens with zero attached hydrogens (tertiary/aromatic N) is 1. The standard InChI is InChI=1S/C20H23NO4/c1-21-6-5-12-7-14(22-2)10-17-19(12)16(21)9-13-8-15(23-3)11-18(24-4)20(13)25-17/h7-8,10-11,16H,5-6,9H2,1-4H3. The fourth-order valence-corrected chi connectivity index (χ4v) is 3.86. The number of rotatable bonds is 3. The van der Waals surface area contributed by atoms with Gasteiger partial charge in [0.05, 0.1) is 21.3 Å². The van der Waals surface area contributed by atoms with Crippen molar-refractivity contribution in [3.05, 3.63) is 41.0 Å². The molecule has 0 bridgehead atoms. The predicted octanol–water partition coefficient (Wildman–Crippen LogP) is 3.59. The first-order chi connectivity index (χ1) is 12.1. The SMILES string of the molecule is COc1cc2c(c(OC)c1)Oc1cc(OC)cc3c1C(C2)N(C)CC3. The number of ether oxygens (including phenoxy) is 4. The smallest absolute Gasteiger partial charge is 0.172 e. The maximum atomic E-state index is 6.37. The van der Waals surface area contributed by atoms with E-state index < -0.39 is 0 Å². The van der Waals surface area contributed by atoms with Gasteiger partial charge in [0, 0.05) is 35.8 Å². The van der Waals surface area contributed by atoms with Crippen LogP contribution in [-0.2, 0) is 12.8 Å². The minimum Gasteiger partial charge on any atom is -0.497 e. The van der Waals surface area contributed by atoms with Crippen LogP contribution in [0.15, 0.2) is 24.3 Å². The van der Waals surface area contributed by atoms with Crippen molar-refractivity contribution in [3.8, 4) is 28.7 Å². The normalized spacial score (nSPS) is 18.5. The third-order valence-corrected chi connectivity index (χ3v) is 5.22. The zero-order chi connectivity index (χ0) is 17.6. The molecule has 0 radical (unpaired) electrons. The van der Waals surface area contributed by atoms with Crippen LogP contribution < -0.4 is 18.9 Å². The van der Waals surface area contributed by atoms with Crippen molar-refractivity contribution in [2.45, 2.75) is 18.9 Å². The average Bonchev–Trinajstić information content (AvgIpc) is 2.81. The summed E-state index contributed by atoms with van der Waals surface area (Å²) in [5, 5.41) is 0. The monoisotopic (exact) mass is 341 g/mol. The topological polar surface area (TPSA) is 40.2 Å². The lowest BCUT2D eigenvalue weighted by atomic mass is 9.88. The van der Waals surface area contributed by atoms with Gasteiger partial charge in [0.1, 0.15) is 17.2 Å². The summed E-state index contributed by atoms with van der Waals surface area (Å²) in [6.45, 7) is 1.01. The van der Waals surface area contributed by atoms with Crippen molar-refractivity contribution >= 4 is 0 Å². The van der Waals surface area contributed by atoms with Gasteiger partial charge in [0.25, 0.3) is 0 Å². The quantitative estimate of drug-likeness (QED) is 0.853. The van der Waals surface area contributed by atoms with Gasteiger partial charge in [-0.25, -0.2) is 0 Å². The van der Waals surface area contributed by atoms with E-state index in [2.05, 4.69) is 18.0 Å². The van der Waals surface area contributed by atoms with E-state index in [1.54, 1.807) is 21.3 Å². The van der Waals surface area contributed by atoms with E-state index in [1.165, 1.54) is 11.1 Å². The molecular formula is C20H23NO4. The Morgan fingerprint density at radius 2 is 1.68 bits per heavy atom. The van der Waals surface area contributed by atoms with Gasteiger partial charge >= 0.3 is 0 Å².